The minimum Gasteiger partial charge on any atom is -0.326 e. The molecule has 0 radical (unpaired) electrons. The lowest BCUT2D eigenvalue weighted by Crippen LogP contribution is -2.29. The summed E-state index contributed by atoms with van der Waals surface area (Å²) < 4.78 is 50.7. The van der Waals surface area contributed by atoms with Crippen LogP contribution >= 0.6 is 0 Å². The van der Waals surface area contributed by atoms with Crippen molar-refractivity contribution in [3.05, 3.63) is 47.5 Å². The predicted octanol–water partition coefficient (Wildman–Crippen LogP) is 1.35. The van der Waals surface area contributed by atoms with Crippen LogP contribution in [0.4, 0.5) is 11.4 Å². The largest absolute Gasteiger partial charge is 0.326 e. The minimum absolute atomic E-state index is 0.0515. The SMILES string of the molecule is CC(=O)Nc1ccc(C)c(S(=O)(=O)N2CCc3cc(S(N)(=O)=O)ccc32)c1. The molecule has 0 saturated carbocycles. The number of amides is 1. The van der Waals surface area contributed by atoms with Crippen LogP contribution < -0.4 is 14.8 Å². The van der Waals surface area contributed by atoms with Gasteiger partial charge in [-0.2, -0.15) is 0 Å². The Bertz CT molecular complexity index is 1140. The average Bonchev–Trinajstić information content (AvgIpc) is 2.99. The molecule has 0 bridgehead atoms. The second-order valence-corrected chi connectivity index (χ2v) is 9.72. The highest BCUT2D eigenvalue weighted by atomic mass is 32.2. The quantitative estimate of drug-likeness (QED) is 0.788. The first-order valence-corrected chi connectivity index (χ1v) is 11.1. The van der Waals surface area contributed by atoms with Crippen LogP contribution in [-0.2, 0) is 31.3 Å². The highest BCUT2D eigenvalue weighted by Gasteiger charge is 2.32. The van der Waals surface area contributed by atoms with E-state index >= 15 is 0 Å². The maximum absolute atomic E-state index is 13.2. The van der Waals surface area contributed by atoms with Crippen molar-refractivity contribution in [2.24, 2.45) is 5.14 Å². The van der Waals surface area contributed by atoms with E-state index in [1.807, 2.05) is 0 Å². The molecular formula is C17H19N3O5S2. The summed E-state index contributed by atoms with van der Waals surface area (Å²) in [5.41, 5.74) is 1.95. The molecule has 1 amide bonds. The van der Waals surface area contributed by atoms with Crippen LogP contribution in [0.2, 0.25) is 0 Å². The maximum Gasteiger partial charge on any atom is 0.264 e. The van der Waals surface area contributed by atoms with Crippen LogP contribution in [0, 0.1) is 6.92 Å². The van der Waals surface area contributed by atoms with Gasteiger partial charge in [0.1, 0.15) is 0 Å². The lowest BCUT2D eigenvalue weighted by molar-refractivity contribution is -0.114. The number of hydrogen-bond acceptors (Lipinski definition) is 5. The fourth-order valence-electron chi connectivity index (χ4n) is 3.05. The highest BCUT2D eigenvalue weighted by molar-refractivity contribution is 7.93. The van der Waals surface area contributed by atoms with E-state index in [2.05, 4.69) is 5.32 Å². The molecule has 0 saturated heterocycles. The smallest absolute Gasteiger partial charge is 0.264 e. The van der Waals surface area contributed by atoms with Crippen molar-refractivity contribution in [2.75, 3.05) is 16.2 Å². The van der Waals surface area contributed by atoms with Gasteiger partial charge in [-0.1, -0.05) is 6.07 Å². The lowest BCUT2D eigenvalue weighted by Gasteiger charge is -2.21. The minimum atomic E-state index is -3.89. The second-order valence-electron chi connectivity index (χ2n) is 6.32. The van der Waals surface area contributed by atoms with Gasteiger partial charge in [0.15, 0.2) is 0 Å². The number of rotatable bonds is 4. The third kappa shape index (κ3) is 3.68. The van der Waals surface area contributed by atoms with E-state index in [-0.39, 0.29) is 22.2 Å². The molecule has 0 unspecified atom stereocenters. The Labute approximate surface area is 158 Å². The zero-order valence-electron chi connectivity index (χ0n) is 14.8. The number of hydrogen-bond donors (Lipinski definition) is 2. The summed E-state index contributed by atoms with van der Waals surface area (Å²) in [6.07, 6.45) is 0.377. The monoisotopic (exact) mass is 409 g/mol. The van der Waals surface area contributed by atoms with E-state index < -0.39 is 20.0 Å². The number of primary sulfonamides is 1. The Balaban J connectivity index is 2.05. The van der Waals surface area contributed by atoms with Gasteiger partial charge in [0.25, 0.3) is 10.0 Å². The molecule has 0 aliphatic carbocycles. The number of sulfonamides is 2. The summed E-state index contributed by atoms with van der Waals surface area (Å²) in [5, 5.41) is 7.72. The molecule has 3 rings (SSSR count). The van der Waals surface area contributed by atoms with E-state index in [1.165, 1.54) is 35.5 Å². The normalized spacial score (nSPS) is 14.1. The van der Waals surface area contributed by atoms with Crippen LogP contribution in [0.1, 0.15) is 18.1 Å². The number of carbonyl (C=O) groups excluding carboxylic acids is 1. The summed E-state index contributed by atoms with van der Waals surface area (Å²) in [7, 11) is -7.75. The summed E-state index contributed by atoms with van der Waals surface area (Å²) in [6, 6.07) is 8.82. The molecule has 3 N–H and O–H groups in total. The molecule has 0 spiro atoms. The van der Waals surface area contributed by atoms with Gasteiger partial charge >= 0.3 is 0 Å². The molecule has 1 aliphatic heterocycles. The topological polar surface area (TPSA) is 127 Å². The van der Waals surface area contributed by atoms with Crippen LogP contribution in [-0.4, -0.2) is 29.3 Å². The first kappa shape index (κ1) is 19.3. The molecule has 0 atom stereocenters. The lowest BCUT2D eigenvalue weighted by atomic mass is 10.2. The third-order valence-electron chi connectivity index (χ3n) is 4.31. The van der Waals surface area contributed by atoms with Gasteiger partial charge in [0.05, 0.1) is 15.5 Å². The number of nitrogens with one attached hydrogen (secondary N) is 1. The zero-order valence-corrected chi connectivity index (χ0v) is 16.4. The fourth-order valence-corrected chi connectivity index (χ4v) is 5.37. The van der Waals surface area contributed by atoms with E-state index in [0.717, 1.165) is 0 Å². The Kier molecular flexibility index (Phi) is 4.74. The molecule has 1 heterocycles. The average molecular weight is 409 g/mol. The fraction of sp³-hybridized carbons (Fsp3) is 0.235. The van der Waals surface area contributed by atoms with Gasteiger partial charge in [-0.15, -0.1) is 0 Å². The Hall–Kier alpha value is -2.43. The van der Waals surface area contributed by atoms with Crippen LogP contribution in [0.5, 0.6) is 0 Å². The first-order valence-electron chi connectivity index (χ1n) is 8.07. The predicted molar refractivity (Wildman–Crippen MR) is 102 cm³/mol. The van der Waals surface area contributed by atoms with Gasteiger partial charge < -0.3 is 5.32 Å². The van der Waals surface area contributed by atoms with Crippen molar-refractivity contribution in [3.8, 4) is 0 Å². The van der Waals surface area contributed by atoms with Gasteiger partial charge in [-0.25, -0.2) is 22.0 Å². The second kappa shape index (κ2) is 6.63. The van der Waals surface area contributed by atoms with Crippen LogP contribution in [0.3, 0.4) is 0 Å². The van der Waals surface area contributed by atoms with Crippen molar-refractivity contribution < 1.29 is 21.6 Å². The molecule has 0 fully saturated rings. The summed E-state index contributed by atoms with van der Waals surface area (Å²) >= 11 is 0. The molecule has 0 aromatic heterocycles. The number of anilines is 2. The Morgan fingerprint density at radius 1 is 1.11 bits per heavy atom. The molecule has 144 valence electrons. The van der Waals surface area contributed by atoms with Crippen molar-refractivity contribution in [1.82, 2.24) is 0 Å². The molecule has 8 nitrogen and oxygen atoms in total. The van der Waals surface area contributed by atoms with Crippen molar-refractivity contribution in [2.45, 2.75) is 30.1 Å². The van der Waals surface area contributed by atoms with Crippen molar-refractivity contribution in [1.29, 1.82) is 0 Å². The maximum atomic E-state index is 13.2. The van der Waals surface area contributed by atoms with Gasteiger partial charge in [-0.3, -0.25) is 9.10 Å². The van der Waals surface area contributed by atoms with E-state index in [1.54, 1.807) is 19.1 Å². The molecule has 2 aromatic carbocycles. The molecular weight excluding hydrogens is 390 g/mol. The van der Waals surface area contributed by atoms with E-state index in [4.69, 9.17) is 5.14 Å². The highest BCUT2D eigenvalue weighted by Crippen LogP contribution is 2.35. The van der Waals surface area contributed by atoms with Crippen molar-refractivity contribution >= 4 is 37.3 Å². The third-order valence-corrected chi connectivity index (χ3v) is 7.18. The van der Waals surface area contributed by atoms with E-state index in [9.17, 15) is 21.6 Å². The van der Waals surface area contributed by atoms with Crippen molar-refractivity contribution in [3.63, 3.8) is 0 Å². The molecule has 27 heavy (non-hydrogen) atoms. The first-order chi connectivity index (χ1) is 12.5. The number of benzene rings is 2. The Morgan fingerprint density at radius 2 is 1.81 bits per heavy atom. The molecule has 1 aliphatic rings. The van der Waals surface area contributed by atoms with Crippen LogP contribution in [0.15, 0.2) is 46.2 Å². The van der Waals surface area contributed by atoms with E-state index in [0.29, 0.717) is 28.9 Å². The van der Waals surface area contributed by atoms with Crippen LogP contribution in [0.25, 0.3) is 0 Å². The van der Waals surface area contributed by atoms with Gasteiger partial charge in [0, 0.05) is 19.2 Å². The number of aryl methyl sites for hydroxylation is 1. The summed E-state index contributed by atoms with van der Waals surface area (Å²) in [5.74, 6) is -0.302. The Morgan fingerprint density at radius 3 is 2.44 bits per heavy atom. The standard InChI is InChI=1S/C17H19N3O5S2/c1-11-3-4-14(19-12(2)21)10-17(11)27(24,25)20-8-7-13-9-15(26(18,22)23)5-6-16(13)20/h3-6,9-10H,7-8H2,1-2H3,(H,19,21)(H2,18,22,23). The summed E-state index contributed by atoms with van der Waals surface area (Å²) in [4.78, 5) is 11.3. The van der Waals surface area contributed by atoms with Gasteiger partial charge in [-0.05, 0) is 54.8 Å². The number of fused-ring (bicyclic) bond motifs is 1. The number of nitrogens with two attached hydrogens (primary N) is 1. The molecule has 10 heteroatoms. The number of carbonyl (C=O) groups is 1. The molecule has 2 aromatic rings. The van der Waals surface area contributed by atoms with Gasteiger partial charge in [0.2, 0.25) is 15.9 Å². The zero-order chi connectivity index (χ0) is 20.0. The summed E-state index contributed by atoms with van der Waals surface area (Å²) in [6.45, 7) is 3.20. The number of nitrogens with zero attached hydrogens (tertiary/aromatic N) is 1.